The molecule has 1 aliphatic heterocycles. The van der Waals surface area contributed by atoms with E-state index < -0.39 is 70.4 Å². The number of aromatic amines is 1. The predicted octanol–water partition coefficient (Wildman–Crippen LogP) is 1.90. The highest BCUT2D eigenvalue weighted by atomic mass is 32.1. The molecule has 1 saturated heterocycles. The number of aromatic nitrogens is 2. The smallest absolute Gasteiger partial charge is 0.325 e. The van der Waals surface area contributed by atoms with E-state index >= 15 is 0 Å². The summed E-state index contributed by atoms with van der Waals surface area (Å²) in [4.78, 5) is 48.7. The Kier molecular flexibility index (Phi) is 7.46. The molecule has 0 saturated carbocycles. The van der Waals surface area contributed by atoms with Crippen LogP contribution < -0.4 is 5.69 Å². The molecule has 0 spiro atoms. The summed E-state index contributed by atoms with van der Waals surface area (Å²) in [5, 5.41) is 0. The van der Waals surface area contributed by atoms with Gasteiger partial charge >= 0.3 is 35.3 Å². The van der Waals surface area contributed by atoms with E-state index in [2.05, 4.69) is 30.1 Å². The second-order valence-corrected chi connectivity index (χ2v) is 10.6. The van der Waals surface area contributed by atoms with Crippen molar-refractivity contribution in [1.82, 2.24) is 9.55 Å². The summed E-state index contributed by atoms with van der Waals surface area (Å²) in [7, 11) is -17.8. The number of halogens is 5. The van der Waals surface area contributed by atoms with Gasteiger partial charge in [-0.2, -0.15) is 21.8 Å². The molecule has 1 fully saturated rings. The Morgan fingerprint density at radius 1 is 1.19 bits per heavy atom. The van der Waals surface area contributed by atoms with Crippen LogP contribution in [0.2, 0.25) is 0 Å². The van der Waals surface area contributed by atoms with E-state index in [0.29, 0.717) is 0 Å². The first kappa shape index (κ1) is 27.4. The first-order valence-corrected chi connectivity index (χ1v) is 12.3. The van der Waals surface area contributed by atoms with Crippen molar-refractivity contribution in [3.05, 3.63) is 27.1 Å². The summed E-state index contributed by atoms with van der Waals surface area (Å²) in [6, 6.07) is 0. The lowest BCUT2D eigenvalue weighted by atomic mass is 10.0. The lowest BCUT2D eigenvalue weighted by Crippen LogP contribution is -2.48. The summed E-state index contributed by atoms with van der Waals surface area (Å²) in [6.45, 7) is 0. The lowest BCUT2D eigenvalue weighted by Gasteiger charge is -2.28. The van der Waals surface area contributed by atoms with Gasteiger partial charge in [-0.15, -0.1) is 0 Å². The van der Waals surface area contributed by atoms with Gasteiger partial charge in [0.15, 0.2) is 18.3 Å². The molecule has 3 unspecified atom stereocenters. The van der Waals surface area contributed by atoms with Gasteiger partial charge < -0.3 is 24.3 Å². The molecule has 0 radical (unpaired) electrons. The average molecular weight is 558 g/mol. The third-order valence-corrected chi connectivity index (χ3v) is 7.58. The van der Waals surface area contributed by atoms with Crippen LogP contribution in [0.3, 0.4) is 0 Å². The number of ether oxygens (including phenoxy) is 1. The van der Waals surface area contributed by atoms with E-state index in [9.17, 15) is 45.3 Å². The molecule has 0 aromatic carbocycles. The second-order valence-electron chi connectivity index (χ2n) is 5.82. The predicted molar refractivity (Wildman–Crippen MR) is 89.2 cm³/mol. The Hall–Kier alpha value is -0.880. The third kappa shape index (κ3) is 6.37. The van der Waals surface area contributed by atoms with Crippen molar-refractivity contribution in [2.45, 2.75) is 30.8 Å². The maximum Gasteiger partial charge on any atom is 0.490 e. The van der Waals surface area contributed by atoms with Crippen molar-refractivity contribution >= 4 is 35.7 Å². The average Bonchev–Trinajstić information content (AvgIpc) is 2.83. The summed E-state index contributed by atoms with van der Waals surface area (Å²) in [6.07, 6.45) is -13.5. The molecule has 1 aromatic rings. The maximum absolute atomic E-state index is 14.9. The number of rotatable bonds is 7. The number of hydrogen-bond acceptors (Lipinski definition) is 9. The second kappa shape index (κ2) is 8.72. The van der Waals surface area contributed by atoms with Crippen LogP contribution in [0.15, 0.2) is 11.0 Å². The maximum atomic E-state index is 14.9. The van der Waals surface area contributed by atoms with Crippen molar-refractivity contribution in [3.63, 3.8) is 0 Å². The highest BCUT2D eigenvalue weighted by molar-refractivity contribution is 7.71. The molecule has 2 heterocycles. The fourth-order valence-electron chi connectivity index (χ4n) is 2.33. The minimum Gasteiger partial charge on any atom is -0.325 e. The molecule has 184 valence electrons. The van der Waals surface area contributed by atoms with Crippen molar-refractivity contribution in [2.24, 2.45) is 0 Å². The highest BCUT2D eigenvalue weighted by Gasteiger charge is 2.68. The minimum absolute atomic E-state index is 0.0547. The molecule has 0 bridgehead atoms. The normalized spacial score (nSPS) is 28.3. The first-order valence-electron chi connectivity index (χ1n) is 7.40. The fraction of sp³-hybridized carbons (Fsp3) is 0.556. The van der Waals surface area contributed by atoms with E-state index in [-0.39, 0.29) is 10.8 Å². The zero-order chi connectivity index (χ0) is 24.9. The van der Waals surface area contributed by atoms with Crippen molar-refractivity contribution in [1.29, 1.82) is 0 Å². The Balaban J connectivity index is 2.37. The SMILES string of the molecule is O=c1[nH]c(=S)c(F)cn1[C@@H]1O[C@H](OP(=O)(O)OP(=O)(O)OP(=O)(O)O)CC1(F)C(F)(F)F. The molecule has 0 aliphatic carbocycles. The molecule has 2 rings (SSSR count). The Morgan fingerprint density at radius 2 is 1.75 bits per heavy atom. The van der Waals surface area contributed by atoms with Crippen molar-refractivity contribution in [2.75, 3.05) is 0 Å². The first-order chi connectivity index (χ1) is 14.2. The summed E-state index contributed by atoms with van der Waals surface area (Å²) < 4.78 is 116. The van der Waals surface area contributed by atoms with Gasteiger partial charge in [-0.05, 0) is 0 Å². The molecule has 1 aliphatic rings. The summed E-state index contributed by atoms with van der Waals surface area (Å²) >= 11 is 4.36. The van der Waals surface area contributed by atoms with E-state index in [1.54, 1.807) is 4.98 Å². The molecule has 5 atom stereocenters. The van der Waals surface area contributed by atoms with Gasteiger partial charge in [-0.1, -0.05) is 12.2 Å². The van der Waals surface area contributed by atoms with Gasteiger partial charge in [-0.25, -0.2) is 27.3 Å². The Morgan fingerprint density at radius 3 is 2.25 bits per heavy atom. The quantitative estimate of drug-likeness (QED) is 0.184. The molecule has 0 amide bonds. The van der Waals surface area contributed by atoms with E-state index in [1.807, 2.05) is 0 Å². The topological polar surface area (TPSA) is 207 Å². The van der Waals surface area contributed by atoms with Crippen molar-refractivity contribution < 1.29 is 73.1 Å². The molecule has 1 aromatic heterocycles. The number of phosphoric ester groups is 1. The van der Waals surface area contributed by atoms with Crippen LogP contribution in [-0.2, 0) is 31.6 Å². The van der Waals surface area contributed by atoms with Crippen LogP contribution in [0.4, 0.5) is 22.0 Å². The van der Waals surface area contributed by atoms with Crippen LogP contribution in [0.1, 0.15) is 12.6 Å². The largest absolute Gasteiger partial charge is 0.490 e. The van der Waals surface area contributed by atoms with Crippen LogP contribution in [0.5, 0.6) is 0 Å². The van der Waals surface area contributed by atoms with Gasteiger partial charge in [0.05, 0.1) is 6.20 Å². The standard InChI is InChI=1S/C9H10F5N2O12P3S/c10-3-2-16(7(17)15-5(3)32)6-8(11,9(12,13)14)1-4(25-6)26-30(21,22)28-31(23,24)27-29(18,19)20/h2,4,6H,1H2,(H,21,22)(H,23,24)(H,15,17,32)(H2,18,19,20)/t4-,6-,8?/m1/s1. The van der Waals surface area contributed by atoms with E-state index in [1.165, 1.54) is 0 Å². The monoisotopic (exact) mass is 558 g/mol. The number of nitrogens with zero attached hydrogens (tertiary/aromatic N) is 1. The third-order valence-electron chi connectivity index (χ3n) is 3.45. The van der Waals surface area contributed by atoms with Gasteiger partial charge in [0.25, 0.3) is 5.67 Å². The number of H-pyrrole nitrogens is 1. The van der Waals surface area contributed by atoms with Gasteiger partial charge in [0, 0.05) is 6.42 Å². The molecule has 14 nitrogen and oxygen atoms in total. The molecule has 23 heteroatoms. The lowest BCUT2D eigenvalue weighted by molar-refractivity contribution is -0.257. The number of phosphoric acid groups is 3. The molecule has 32 heavy (non-hydrogen) atoms. The summed E-state index contributed by atoms with van der Waals surface area (Å²) in [5.74, 6) is -1.47. The van der Waals surface area contributed by atoms with Gasteiger partial charge in [-0.3, -0.25) is 14.1 Å². The Labute approximate surface area is 177 Å². The zero-order valence-corrected chi connectivity index (χ0v) is 18.1. The van der Waals surface area contributed by atoms with E-state index in [4.69, 9.17) is 14.7 Å². The van der Waals surface area contributed by atoms with Crippen LogP contribution in [0, 0.1) is 10.5 Å². The highest BCUT2D eigenvalue weighted by Crippen LogP contribution is 2.67. The van der Waals surface area contributed by atoms with E-state index in [0.717, 1.165) is 0 Å². The van der Waals surface area contributed by atoms with Crippen LogP contribution in [0.25, 0.3) is 0 Å². The Bertz CT molecular complexity index is 1150. The zero-order valence-electron chi connectivity index (χ0n) is 14.6. The molecular formula is C9H10F5N2O12P3S. The van der Waals surface area contributed by atoms with Crippen LogP contribution >= 0.6 is 35.7 Å². The fourth-order valence-corrected chi connectivity index (χ4v) is 5.55. The van der Waals surface area contributed by atoms with Gasteiger partial charge in [0.1, 0.15) is 4.64 Å². The number of nitrogens with one attached hydrogen (secondary N) is 1. The molecular weight excluding hydrogens is 548 g/mol. The van der Waals surface area contributed by atoms with Gasteiger partial charge in [0.2, 0.25) is 0 Å². The summed E-state index contributed by atoms with van der Waals surface area (Å²) in [5.41, 5.74) is -6.12. The molecule has 5 N–H and O–H groups in total. The number of hydrogen-bond donors (Lipinski definition) is 5. The minimum atomic E-state index is -6.04. The number of alkyl halides is 4. The van der Waals surface area contributed by atoms with Crippen molar-refractivity contribution in [3.8, 4) is 0 Å². The van der Waals surface area contributed by atoms with Crippen LogP contribution in [-0.4, -0.2) is 47.3 Å².